The minimum atomic E-state index is -0.866. The van der Waals surface area contributed by atoms with Gasteiger partial charge in [0.15, 0.2) is 24.0 Å². The molecule has 1 amide bonds. The molecule has 1 saturated heterocycles. The lowest BCUT2D eigenvalue weighted by Gasteiger charge is -2.23. The van der Waals surface area contributed by atoms with Gasteiger partial charge in [0.2, 0.25) is 0 Å². The molecule has 1 aromatic carbocycles. The van der Waals surface area contributed by atoms with Gasteiger partial charge in [0.1, 0.15) is 0 Å². The van der Waals surface area contributed by atoms with E-state index in [9.17, 15) is 13.6 Å². The molecule has 1 aliphatic rings. The molecule has 0 radical (unpaired) electrons. The molecule has 7 heteroatoms. The van der Waals surface area contributed by atoms with Crippen LogP contribution in [0.5, 0.6) is 5.75 Å². The van der Waals surface area contributed by atoms with Crippen LogP contribution in [0.2, 0.25) is 0 Å². The lowest BCUT2D eigenvalue weighted by atomic mass is 10.1. The Morgan fingerprint density at radius 1 is 1.33 bits per heavy atom. The van der Waals surface area contributed by atoms with E-state index < -0.39 is 29.9 Å². The summed E-state index contributed by atoms with van der Waals surface area (Å²) in [5.41, 5.74) is 5.64. The van der Waals surface area contributed by atoms with Crippen LogP contribution in [-0.2, 0) is 16.1 Å². The first-order valence-corrected chi connectivity index (χ1v) is 6.78. The Bertz CT molecular complexity index is 482. The number of amides is 1. The SMILES string of the molecule is NCc1cc(F)c(OCC(=O)NC2CCOCC2)c(F)c1. The molecular weight excluding hydrogens is 282 g/mol. The van der Waals surface area contributed by atoms with E-state index >= 15 is 0 Å². The molecule has 0 bridgehead atoms. The van der Waals surface area contributed by atoms with Gasteiger partial charge in [0, 0.05) is 25.8 Å². The molecule has 0 aromatic heterocycles. The highest BCUT2D eigenvalue weighted by molar-refractivity contribution is 5.77. The van der Waals surface area contributed by atoms with Crippen LogP contribution in [0.3, 0.4) is 0 Å². The summed E-state index contributed by atoms with van der Waals surface area (Å²) in [4.78, 5) is 11.7. The average molecular weight is 300 g/mol. The van der Waals surface area contributed by atoms with Crippen molar-refractivity contribution < 1.29 is 23.0 Å². The number of hydrogen-bond acceptors (Lipinski definition) is 4. The van der Waals surface area contributed by atoms with Gasteiger partial charge in [-0.05, 0) is 30.5 Å². The molecule has 2 rings (SSSR count). The van der Waals surface area contributed by atoms with E-state index in [1.54, 1.807) is 0 Å². The summed E-state index contributed by atoms with van der Waals surface area (Å²) in [5.74, 6) is -2.71. The van der Waals surface area contributed by atoms with Crippen LogP contribution in [0, 0.1) is 11.6 Å². The molecule has 5 nitrogen and oxygen atoms in total. The molecule has 116 valence electrons. The van der Waals surface area contributed by atoms with Crippen molar-refractivity contribution in [3.63, 3.8) is 0 Å². The van der Waals surface area contributed by atoms with E-state index in [2.05, 4.69) is 5.32 Å². The quantitative estimate of drug-likeness (QED) is 0.854. The molecule has 1 aromatic rings. The van der Waals surface area contributed by atoms with Gasteiger partial charge in [-0.25, -0.2) is 8.78 Å². The molecule has 0 saturated carbocycles. The lowest BCUT2D eigenvalue weighted by Crippen LogP contribution is -2.41. The largest absolute Gasteiger partial charge is 0.478 e. The van der Waals surface area contributed by atoms with E-state index in [0.29, 0.717) is 18.8 Å². The van der Waals surface area contributed by atoms with Crippen LogP contribution in [0.4, 0.5) is 8.78 Å². The van der Waals surface area contributed by atoms with Crippen LogP contribution < -0.4 is 15.8 Å². The number of ether oxygens (including phenoxy) is 2. The van der Waals surface area contributed by atoms with Gasteiger partial charge in [-0.2, -0.15) is 0 Å². The van der Waals surface area contributed by atoms with Crippen LogP contribution in [0.25, 0.3) is 0 Å². The van der Waals surface area contributed by atoms with Crippen molar-refractivity contribution in [1.82, 2.24) is 5.32 Å². The molecule has 1 heterocycles. The Morgan fingerprint density at radius 3 is 2.52 bits per heavy atom. The van der Waals surface area contributed by atoms with Gasteiger partial charge in [0.05, 0.1) is 0 Å². The average Bonchev–Trinajstić information content (AvgIpc) is 2.47. The molecule has 3 N–H and O–H groups in total. The highest BCUT2D eigenvalue weighted by Gasteiger charge is 2.18. The number of rotatable bonds is 5. The standard InChI is InChI=1S/C14H18F2N2O3/c15-11-5-9(7-17)6-12(16)14(11)21-8-13(19)18-10-1-3-20-4-2-10/h5-6,10H,1-4,7-8,17H2,(H,18,19). The molecule has 1 aliphatic heterocycles. The third-order valence-corrected chi connectivity index (χ3v) is 3.23. The first kappa shape index (κ1) is 15.7. The van der Waals surface area contributed by atoms with Gasteiger partial charge in [0.25, 0.3) is 5.91 Å². The summed E-state index contributed by atoms with van der Waals surface area (Å²) >= 11 is 0. The van der Waals surface area contributed by atoms with Crippen LogP contribution in [-0.4, -0.2) is 31.8 Å². The Kier molecular flexibility index (Phi) is 5.46. The second-order valence-corrected chi connectivity index (χ2v) is 4.84. The van der Waals surface area contributed by atoms with E-state index in [4.69, 9.17) is 15.2 Å². The second-order valence-electron chi connectivity index (χ2n) is 4.84. The smallest absolute Gasteiger partial charge is 0.258 e. The third kappa shape index (κ3) is 4.37. The van der Waals surface area contributed by atoms with Crippen LogP contribution in [0.1, 0.15) is 18.4 Å². The van der Waals surface area contributed by atoms with Gasteiger partial charge < -0.3 is 20.5 Å². The fourth-order valence-electron chi connectivity index (χ4n) is 2.12. The predicted molar refractivity (Wildman–Crippen MR) is 71.7 cm³/mol. The third-order valence-electron chi connectivity index (χ3n) is 3.23. The zero-order valence-corrected chi connectivity index (χ0v) is 11.5. The zero-order chi connectivity index (χ0) is 15.2. The molecule has 0 spiro atoms. The number of nitrogens with two attached hydrogens (primary N) is 1. The summed E-state index contributed by atoms with van der Waals surface area (Å²) < 4.78 is 37.4. The fraction of sp³-hybridized carbons (Fsp3) is 0.500. The zero-order valence-electron chi connectivity index (χ0n) is 11.5. The van der Waals surface area contributed by atoms with Gasteiger partial charge in [-0.3, -0.25) is 4.79 Å². The van der Waals surface area contributed by atoms with E-state index in [1.165, 1.54) is 0 Å². The lowest BCUT2D eigenvalue weighted by molar-refractivity contribution is -0.124. The van der Waals surface area contributed by atoms with Crippen molar-refractivity contribution in [2.24, 2.45) is 5.73 Å². The van der Waals surface area contributed by atoms with Crippen molar-refractivity contribution in [2.75, 3.05) is 19.8 Å². The van der Waals surface area contributed by atoms with Gasteiger partial charge in [-0.1, -0.05) is 0 Å². The Balaban J connectivity index is 1.88. The van der Waals surface area contributed by atoms with Gasteiger partial charge >= 0.3 is 0 Å². The van der Waals surface area contributed by atoms with Crippen molar-refractivity contribution in [2.45, 2.75) is 25.4 Å². The number of halogens is 2. The molecule has 0 atom stereocenters. The van der Waals surface area contributed by atoms with Crippen LogP contribution in [0.15, 0.2) is 12.1 Å². The van der Waals surface area contributed by atoms with E-state index in [0.717, 1.165) is 25.0 Å². The maximum atomic E-state index is 13.6. The number of carbonyl (C=O) groups excluding carboxylic acids is 1. The highest BCUT2D eigenvalue weighted by Crippen LogP contribution is 2.23. The minimum Gasteiger partial charge on any atom is -0.478 e. The van der Waals surface area contributed by atoms with Crippen molar-refractivity contribution in [3.8, 4) is 5.75 Å². The second kappa shape index (κ2) is 7.33. The predicted octanol–water partition coefficient (Wildman–Crippen LogP) is 1.10. The highest BCUT2D eigenvalue weighted by atomic mass is 19.1. The van der Waals surface area contributed by atoms with Crippen molar-refractivity contribution in [1.29, 1.82) is 0 Å². The summed E-state index contributed by atoms with van der Waals surface area (Å²) in [7, 11) is 0. The maximum Gasteiger partial charge on any atom is 0.258 e. The molecule has 21 heavy (non-hydrogen) atoms. The van der Waals surface area contributed by atoms with Crippen molar-refractivity contribution in [3.05, 3.63) is 29.3 Å². The topological polar surface area (TPSA) is 73.6 Å². The first-order valence-electron chi connectivity index (χ1n) is 6.78. The number of benzene rings is 1. The summed E-state index contributed by atoms with van der Waals surface area (Å²) in [6.45, 7) is 0.775. The first-order chi connectivity index (χ1) is 10.1. The Hall–Kier alpha value is -1.73. The number of hydrogen-bond donors (Lipinski definition) is 2. The normalized spacial score (nSPS) is 15.8. The molecular formula is C14H18F2N2O3. The fourth-order valence-corrected chi connectivity index (χ4v) is 2.12. The molecule has 0 unspecified atom stereocenters. The molecule has 0 aliphatic carbocycles. The van der Waals surface area contributed by atoms with Crippen LogP contribution >= 0.6 is 0 Å². The number of nitrogens with one attached hydrogen (secondary N) is 1. The Morgan fingerprint density at radius 2 is 1.95 bits per heavy atom. The van der Waals surface area contributed by atoms with Gasteiger partial charge in [-0.15, -0.1) is 0 Å². The van der Waals surface area contributed by atoms with Crippen molar-refractivity contribution >= 4 is 5.91 Å². The number of carbonyl (C=O) groups is 1. The monoisotopic (exact) mass is 300 g/mol. The minimum absolute atomic E-state index is 0.0177. The summed E-state index contributed by atoms with van der Waals surface area (Å²) in [6.07, 6.45) is 1.44. The van der Waals surface area contributed by atoms with E-state index in [1.807, 2.05) is 0 Å². The summed E-state index contributed by atoms with van der Waals surface area (Å²) in [6, 6.07) is 2.20. The van der Waals surface area contributed by atoms with E-state index in [-0.39, 0.29) is 12.6 Å². The molecule has 1 fully saturated rings. The maximum absolute atomic E-state index is 13.6. The summed E-state index contributed by atoms with van der Waals surface area (Å²) in [5, 5.41) is 2.74. The Labute approximate surface area is 121 Å².